The van der Waals surface area contributed by atoms with Crippen LogP contribution >= 0.6 is 23.2 Å². The van der Waals surface area contributed by atoms with Crippen molar-refractivity contribution < 1.29 is 19.5 Å². The number of primary amides is 3. The van der Waals surface area contributed by atoms with Crippen molar-refractivity contribution >= 4 is 58.8 Å². The third-order valence-electron chi connectivity index (χ3n) is 9.91. The number of aliphatic hydroxyl groups excluding tert-OH is 1. The average molecular weight is 894 g/mol. The van der Waals surface area contributed by atoms with Gasteiger partial charge in [-0.25, -0.2) is 29.9 Å². The molecule has 3 aromatic heterocycles. The maximum Gasteiger partial charge on any atom is 0.267 e. The average Bonchev–Trinajstić information content (AvgIpc) is 3.30. The van der Waals surface area contributed by atoms with Gasteiger partial charge in [0.05, 0.1) is 17.1 Å². The van der Waals surface area contributed by atoms with Gasteiger partial charge in [-0.1, -0.05) is 83.9 Å². The summed E-state index contributed by atoms with van der Waals surface area (Å²) in [7, 11) is 1.69. The molecule has 1 aliphatic rings. The second-order valence-corrected chi connectivity index (χ2v) is 15.1. The number of carbonyl (C=O) groups is 3. The molecular weight excluding hydrogens is 843 g/mol. The Kier molecular flexibility index (Phi) is 17.2. The van der Waals surface area contributed by atoms with E-state index in [9.17, 15) is 14.4 Å². The second kappa shape index (κ2) is 22.9. The van der Waals surface area contributed by atoms with Crippen molar-refractivity contribution in [3.63, 3.8) is 0 Å². The largest absolute Gasteiger partial charge is 0.396 e. The molecule has 7 rings (SSSR count). The van der Waals surface area contributed by atoms with Crippen molar-refractivity contribution in [1.82, 2.24) is 29.9 Å². The van der Waals surface area contributed by atoms with Gasteiger partial charge in [0.1, 0.15) is 17.1 Å². The van der Waals surface area contributed by atoms with Crippen molar-refractivity contribution in [3.05, 3.63) is 124 Å². The number of aromatic nitrogens is 6. The van der Waals surface area contributed by atoms with Gasteiger partial charge in [0.15, 0.2) is 0 Å². The van der Waals surface area contributed by atoms with Gasteiger partial charge in [0.25, 0.3) is 17.7 Å². The number of rotatable bonds is 13. The summed E-state index contributed by atoms with van der Waals surface area (Å²) in [5.41, 5.74) is 21.1. The summed E-state index contributed by atoms with van der Waals surface area (Å²) in [6.45, 7) is 7.28. The van der Waals surface area contributed by atoms with Crippen LogP contribution in [0.5, 0.6) is 0 Å². The molecule has 6 aromatic rings. The van der Waals surface area contributed by atoms with Gasteiger partial charge in [0.2, 0.25) is 17.8 Å². The first kappa shape index (κ1) is 47.3. The maximum absolute atomic E-state index is 11.6. The van der Waals surface area contributed by atoms with Crippen LogP contribution in [0.25, 0.3) is 33.8 Å². The zero-order chi connectivity index (χ0) is 45.5. The van der Waals surface area contributed by atoms with Crippen LogP contribution < -0.4 is 32.3 Å². The molecule has 0 radical (unpaired) electrons. The zero-order valence-corrected chi connectivity index (χ0v) is 36.7. The van der Waals surface area contributed by atoms with Crippen molar-refractivity contribution in [2.24, 2.45) is 23.1 Å². The Morgan fingerprint density at radius 2 is 1.14 bits per heavy atom. The highest BCUT2D eigenvalue weighted by molar-refractivity contribution is 6.35. The van der Waals surface area contributed by atoms with E-state index in [2.05, 4.69) is 40.1 Å². The first-order chi connectivity index (χ1) is 30.3. The Labute approximate surface area is 375 Å². The van der Waals surface area contributed by atoms with Crippen LogP contribution in [0.3, 0.4) is 0 Å². The number of carbonyl (C=O) groups excluding carboxylic acids is 3. The molecular formula is C45H50Cl2N12O4. The van der Waals surface area contributed by atoms with E-state index in [-0.39, 0.29) is 23.7 Å². The number of hydrogen-bond donors (Lipinski definition) is 5. The summed E-state index contributed by atoms with van der Waals surface area (Å²) >= 11 is 12.1. The van der Waals surface area contributed by atoms with Gasteiger partial charge >= 0.3 is 0 Å². The minimum absolute atomic E-state index is 0.156. The molecule has 4 heterocycles. The van der Waals surface area contributed by atoms with Crippen LogP contribution in [-0.2, 0) is 0 Å². The Morgan fingerprint density at radius 1 is 0.667 bits per heavy atom. The maximum atomic E-state index is 11.6. The monoisotopic (exact) mass is 892 g/mol. The van der Waals surface area contributed by atoms with Crippen molar-refractivity contribution in [1.29, 1.82) is 0 Å². The number of benzene rings is 3. The molecule has 328 valence electrons. The highest BCUT2D eigenvalue weighted by atomic mass is 35.5. The van der Waals surface area contributed by atoms with Crippen molar-refractivity contribution in [3.8, 4) is 33.8 Å². The lowest BCUT2D eigenvalue weighted by molar-refractivity contribution is 0.0987. The summed E-state index contributed by atoms with van der Waals surface area (Å²) in [5, 5.41) is 12.9. The molecule has 0 spiro atoms. The van der Waals surface area contributed by atoms with Gasteiger partial charge < -0.3 is 37.4 Å². The molecule has 0 unspecified atom stereocenters. The first-order valence-electron chi connectivity index (χ1n) is 20.2. The molecule has 0 saturated carbocycles. The Balaban J connectivity index is 0.000000181. The van der Waals surface area contributed by atoms with Crippen LogP contribution in [0, 0.1) is 5.92 Å². The smallest absolute Gasteiger partial charge is 0.267 e. The van der Waals surface area contributed by atoms with Crippen LogP contribution in [0.1, 0.15) is 64.6 Å². The van der Waals surface area contributed by atoms with Crippen LogP contribution in [0.2, 0.25) is 10.0 Å². The molecule has 0 atom stereocenters. The van der Waals surface area contributed by atoms with E-state index in [1.54, 1.807) is 37.4 Å². The number of piperidine rings is 1. The summed E-state index contributed by atoms with van der Waals surface area (Å²) in [4.78, 5) is 64.3. The van der Waals surface area contributed by atoms with E-state index in [4.69, 9.17) is 45.5 Å². The highest BCUT2D eigenvalue weighted by Crippen LogP contribution is 2.29. The molecule has 8 N–H and O–H groups in total. The summed E-state index contributed by atoms with van der Waals surface area (Å²) in [6, 6.07) is 29.1. The summed E-state index contributed by atoms with van der Waals surface area (Å²) in [6.07, 6.45) is 2.82. The number of amides is 3. The lowest BCUT2D eigenvalue weighted by Crippen LogP contribution is -2.35. The SMILES string of the molecule is CCN(CC)c1nc(C(N)=O)cc(-c2cc(Cl)cc(Cl)c2)n1.CNc1nc(C(N)=O)cc(-c2ccccc2)n1.NC(=O)c1cc(-c2ccccc2)nc(N2CCC(CCO)CC2)n1. The number of hydrogen-bond acceptors (Lipinski definition) is 13. The predicted molar refractivity (Wildman–Crippen MR) is 248 cm³/mol. The molecule has 3 amide bonds. The van der Waals surface area contributed by atoms with E-state index in [1.807, 2.05) is 79.4 Å². The predicted octanol–water partition coefficient (Wildman–Crippen LogP) is 6.52. The Morgan fingerprint density at radius 3 is 1.62 bits per heavy atom. The van der Waals surface area contributed by atoms with E-state index in [1.165, 1.54) is 6.07 Å². The summed E-state index contributed by atoms with van der Waals surface area (Å²) in [5.74, 6) is 0.191. The molecule has 1 aliphatic heterocycles. The van der Waals surface area contributed by atoms with E-state index in [0.29, 0.717) is 69.5 Å². The topological polar surface area (TPSA) is 245 Å². The second-order valence-electron chi connectivity index (χ2n) is 14.2. The Bertz CT molecular complexity index is 2470. The fourth-order valence-electron chi connectivity index (χ4n) is 6.56. The lowest BCUT2D eigenvalue weighted by atomic mass is 9.94. The van der Waals surface area contributed by atoms with Crippen molar-refractivity contribution in [2.45, 2.75) is 33.1 Å². The third kappa shape index (κ3) is 13.4. The normalized spacial score (nSPS) is 12.3. The number of nitrogens with one attached hydrogen (secondary N) is 1. The quantitative estimate of drug-likeness (QED) is 0.0830. The minimum Gasteiger partial charge on any atom is -0.396 e. The van der Waals surface area contributed by atoms with Crippen LogP contribution in [0.15, 0.2) is 97.1 Å². The molecule has 3 aromatic carbocycles. The molecule has 0 bridgehead atoms. The van der Waals surface area contributed by atoms with Gasteiger partial charge in [-0.15, -0.1) is 0 Å². The molecule has 0 aliphatic carbocycles. The van der Waals surface area contributed by atoms with Gasteiger partial charge in [-0.05, 0) is 75.4 Å². The van der Waals surface area contributed by atoms with Gasteiger partial charge in [-0.2, -0.15) is 0 Å². The molecule has 1 fully saturated rings. The minimum atomic E-state index is -0.606. The van der Waals surface area contributed by atoms with Crippen LogP contribution in [0.4, 0.5) is 17.8 Å². The first-order valence-corrected chi connectivity index (χ1v) is 21.0. The van der Waals surface area contributed by atoms with E-state index in [0.717, 1.165) is 43.5 Å². The number of nitrogens with zero attached hydrogens (tertiary/aromatic N) is 8. The van der Waals surface area contributed by atoms with Gasteiger partial charge in [-0.3, -0.25) is 14.4 Å². The van der Waals surface area contributed by atoms with Crippen molar-refractivity contribution in [2.75, 3.05) is 55.0 Å². The van der Waals surface area contributed by atoms with Crippen LogP contribution in [-0.4, -0.2) is 92.6 Å². The standard InChI is InChI=1S/C18H22N4O2.C15H16Cl2N4O.C12H12N4O/c19-17(24)16-12-15(14-4-2-1-3-5-14)20-18(21-16)22-9-6-13(7-10-22)8-11-23;1-3-21(4-2)15-19-12(8-13(20-15)14(18)22)9-5-10(16)7-11(17)6-9;1-14-12-15-9(7-10(16-12)11(13)17)8-5-3-2-4-6-8/h1-5,12-13,23H,6-11H2,(H2,19,24);5-8H,3-4H2,1-2H3,(H2,18,22);2-7H,1H3,(H2,13,17)(H,14,15,16). The summed E-state index contributed by atoms with van der Waals surface area (Å²) < 4.78 is 0. The lowest BCUT2D eigenvalue weighted by Gasteiger charge is -2.32. The zero-order valence-electron chi connectivity index (χ0n) is 35.2. The fourth-order valence-corrected chi connectivity index (χ4v) is 7.09. The molecule has 1 saturated heterocycles. The fraction of sp³-hybridized carbons (Fsp3) is 0.267. The number of nitrogens with two attached hydrogens (primary N) is 3. The number of aliphatic hydroxyl groups is 1. The highest BCUT2D eigenvalue weighted by Gasteiger charge is 2.22. The van der Waals surface area contributed by atoms with E-state index >= 15 is 0 Å². The number of halogens is 2. The number of anilines is 3. The third-order valence-corrected chi connectivity index (χ3v) is 10.4. The molecule has 63 heavy (non-hydrogen) atoms. The van der Waals surface area contributed by atoms with E-state index < -0.39 is 17.7 Å². The van der Waals surface area contributed by atoms with Gasteiger partial charge in [0, 0.05) is 66.6 Å². The molecule has 16 nitrogen and oxygen atoms in total. The molecule has 18 heteroatoms. The Hall–Kier alpha value is -6.75.